The van der Waals surface area contributed by atoms with E-state index in [2.05, 4.69) is 218 Å². The molecule has 0 saturated heterocycles. The summed E-state index contributed by atoms with van der Waals surface area (Å²) in [5.74, 6) is 0. The van der Waals surface area contributed by atoms with Gasteiger partial charge in [-0.2, -0.15) is 0 Å². The Balaban J connectivity index is 1.04. The van der Waals surface area contributed by atoms with Crippen molar-refractivity contribution in [1.82, 2.24) is 14.5 Å². The number of aromatic nitrogens is 3. The van der Waals surface area contributed by atoms with Crippen LogP contribution in [0.5, 0.6) is 0 Å². The maximum atomic E-state index is 5.30. The van der Waals surface area contributed by atoms with Crippen LogP contribution in [0.15, 0.2) is 219 Å². The Morgan fingerprint density at radius 2 is 0.985 bits per heavy atom. The second-order valence-corrected chi connectivity index (χ2v) is 18.5. The summed E-state index contributed by atoms with van der Waals surface area (Å²) in [6, 6.07) is 77.1. The number of rotatable bonds is 3. The van der Waals surface area contributed by atoms with Crippen molar-refractivity contribution in [2.24, 2.45) is 0 Å². The predicted octanol–water partition coefficient (Wildman–Crippen LogP) is 16.2. The fourth-order valence-electron chi connectivity index (χ4n) is 12.4. The van der Waals surface area contributed by atoms with Gasteiger partial charge >= 0.3 is 0 Å². The van der Waals surface area contributed by atoms with Gasteiger partial charge in [-0.1, -0.05) is 158 Å². The molecule has 15 rings (SSSR count). The summed E-state index contributed by atoms with van der Waals surface area (Å²) in [7, 11) is 0. The molecule has 310 valence electrons. The maximum Gasteiger partial charge on any atom is 0.115 e. The third-order valence-electron chi connectivity index (χ3n) is 15.2. The van der Waals surface area contributed by atoms with Crippen molar-refractivity contribution in [3.63, 3.8) is 0 Å². The molecule has 3 nitrogen and oxygen atoms in total. The zero-order valence-electron chi connectivity index (χ0n) is 36.6. The monoisotopic (exact) mass is 849 g/mol. The van der Waals surface area contributed by atoms with Crippen LogP contribution in [0.25, 0.3) is 115 Å². The van der Waals surface area contributed by atoms with Crippen LogP contribution in [0.3, 0.4) is 0 Å². The molecule has 0 radical (unpaired) electrons. The second-order valence-electron chi connectivity index (χ2n) is 18.5. The molecular formula is C64H39N3. The Labute approximate surface area is 386 Å². The Morgan fingerprint density at radius 3 is 1.76 bits per heavy atom. The van der Waals surface area contributed by atoms with Gasteiger partial charge in [0.2, 0.25) is 0 Å². The first-order valence-corrected chi connectivity index (χ1v) is 23.2. The number of hydrogen-bond acceptors (Lipinski definition) is 2. The van der Waals surface area contributed by atoms with Gasteiger partial charge < -0.3 is 4.57 Å². The van der Waals surface area contributed by atoms with Crippen LogP contribution in [0.1, 0.15) is 27.9 Å². The van der Waals surface area contributed by atoms with E-state index in [1.54, 1.807) is 6.33 Å². The van der Waals surface area contributed by atoms with Gasteiger partial charge in [0.15, 0.2) is 0 Å². The number of hydrogen-bond donors (Lipinski definition) is 0. The SMILES string of the molecule is Cc1cccc2cc(-c3c4ccccc4c(-c4ccc5c(c4)C4(c6ccccc6-c6cc7c8cc9ccccc9cc8n(-c8ccccc8)c7cc64)c4ncncc4-5)c4ccccc34)ccc12. The lowest BCUT2D eigenvalue weighted by Crippen LogP contribution is -2.27. The zero-order valence-corrected chi connectivity index (χ0v) is 36.6. The highest BCUT2D eigenvalue weighted by Gasteiger charge is 2.53. The Kier molecular flexibility index (Phi) is 7.36. The number of fused-ring (bicyclic) bond motifs is 17. The smallest absolute Gasteiger partial charge is 0.115 e. The average molecular weight is 850 g/mol. The van der Waals surface area contributed by atoms with E-state index in [-0.39, 0.29) is 0 Å². The summed E-state index contributed by atoms with van der Waals surface area (Å²) < 4.78 is 2.47. The van der Waals surface area contributed by atoms with Gasteiger partial charge in [0.25, 0.3) is 0 Å². The quantitative estimate of drug-likeness (QED) is 0.166. The van der Waals surface area contributed by atoms with Gasteiger partial charge in [-0.05, 0) is 160 Å². The second kappa shape index (κ2) is 13.4. The standard InChI is InChI=1S/C64H39N3/c1-38-14-13-17-41-30-42(26-28-45(38)41)61-48-21-7-9-23-50(48)62(51-24-10-8-22-49(51)61)43-27-29-47-55-36-65-37-66-63(55)64(57(47)32-43)56-25-12-11-20-46(56)52-34-54-53-31-39-15-5-6-16-40(39)33-59(53)67(60(54)35-58(52)64)44-18-3-2-4-19-44/h2-37H,1H3. The van der Waals surface area contributed by atoms with Crippen molar-refractivity contribution in [2.45, 2.75) is 12.3 Å². The summed E-state index contributed by atoms with van der Waals surface area (Å²) in [6.45, 7) is 2.20. The van der Waals surface area contributed by atoms with E-state index in [4.69, 9.17) is 9.97 Å². The minimum Gasteiger partial charge on any atom is -0.309 e. The first-order valence-electron chi connectivity index (χ1n) is 23.2. The fraction of sp³-hybridized carbons (Fsp3) is 0.0312. The van der Waals surface area contributed by atoms with Crippen molar-refractivity contribution in [3.05, 3.63) is 247 Å². The van der Waals surface area contributed by atoms with Gasteiger partial charge in [0.1, 0.15) is 6.33 Å². The molecule has 11 aromatic carbocycles. The highest BCUT2D eigenvalue weighted by molar-refractivity contribution is 6.22. The molecule has 1 atom stereocenters. The van der Waals surface area contributed by atoms with E-state index in [9.17, 15) is 0 Å². The van der Waals surface area contributed by atoms with E-state index in [1.807, 2.05) is 6.20 Å². The highest BCUT2D eigenvalue weighted by Crippen LogP contribution is 2.63. The van der Waals surface area contributed by atoms with E-state index >= 15 is 0 Å². The maximum absolute atomic E-state index is 5.30. The van der Waals surface area contributed by atoms with Crippen LogP contribution in [0.2, 0.25) is 0 Å². The molecule has 1 spiro atoms. The lowest BCUT2D eigenvalue weighted by molar-refractivity contribution is 0.756. The van der Waals surface area contributed by atoms with Crippen LogP contribution in [-0.4, -0.2) is 14.5 Å². The molecule has 3 heteroatoms. The minimum absolute atomic E-state index is 0.693. The third-order valence-corrected chi connectivity index (χ3v) is 15.2. The molecule has 13 aromatic rings. The van der Waals surface area contributed by atoms with Crippen LogP contribution in [0, 0.1) is 6.92 Å². The molecule has 2 aliphatic carbocycles. The minimum atomic E-state index is -0.693. The van der Waals surface area contributed by atoms with Gasteiger partial charge in [0, 0.05) is 28.2 Å². The van der Waals surface area contributed by atoms with Crippen molar-refractivity contribution < 1.29 is 0 Å². The summed E-state index contributed by atoms with van der Waals surface area (Å²) in [4.78, 5) is 9.99. The molecule has 67 heavy (non-hydrogen) atoms. The lowest BCUT2D eigenvalue weighted by Gasteiger charge is -2.30. The van der Waals surface area contributed by atoms with E-state index in [0.717, 1.165) is 16.9 Å². The lowest BCUT2D eigenvalue weighted by atomic mass is 9.72. The van der Waals surface area contributed by atoms with Gasteiger partial charge in [-0.15, -0.1) is 0 Å². The molecule has 0 fully saturated rings. The van der Waals surface area contributed by atoms with Crippen molar-refractivity contribution >= 4 is 64.9 Å². The van der Waals surface area contributed by atoms with Crippen LogP contribution in [0.4, 0.5) is 0 Å². The highest BCUT2D eigenvalue weighted by atomic mass is 15.0. The topological polar surface area (TPSA) is 30.7 Å². The largest absolute Gasteiger partial charge is 0.309 e. The molecule has 0 N–H and O–H groups in total. The molecule has 1 unspecified atom stereocenters. The van der Waals surface area contributed by atoms with Crippen LogP contribution in [-0.2, 0) is 5.41 Å². The number of aryl methyl sites for hydroxylation is 1. The average Bonchev–Trinajstić information content (AvgIpc) is 3.97. The molecule has 0 amide bonds. The van der Waals surface area contributed by atoms with Crippen molar-refractivity contribution in [1.29, 1.82) is 0 Å². The fourth-order valence-corrected chi connectivity index (χ4v) is 12.4. The molecule has 2 aromatic heterocycles. The van der Waals surface area contributed by atoms with E-state index in [1.165, 1.54) is 126 Å². The van der Waals surface area contributed by atoms with Crippen LogP contribution < -0.4 is 0 Å². The number of nitrogens with zero attached hydrogens (tertiary/aromatic N) is 3. The van der Waals surface area contributed by atoms with Gasteiger partial charge in [-0.25, -0.2) is 9.97 Å². The predicted molar refractivity (Wildman–Crippen MR) is 278 cm³/mol. The molecule has 0 aliphatic heterocycles. The first-order chi connectivity index (χ1) is 33.1. The first kappa shape index (κ1) is 36.7. The van der Waals surface area contributed by atoms with Crippen LogP contribution >= 0.6 is 0 Å². The normalized spacial score (nSPS) is 14.7. The van der Waals surface area contributed by atoms with E-state index < -0.39 is 5.41 Å². The summed E-state index contributed by atoms with van der Waals surface area (Å²) in [5, 5.41) is 12.5. The molecular weight excluding hydrogens is 811 g/mol. The molecule has 0 saturated carbocycles. The number of benzene rings is 11. The Bertz CT molecular complexity index is 4240. The third kappa shape index (κ3) is 4.85. The van der Waals surface area contributed by atoms with Crippen molar-refractivity contribution in [3.8, 4) is 50.2 Å². The summed E-state index contributed by atoms with van der Waals surface area (Å²) in [6.07, 6.45) is 3.78. The Hall–Kier alpha value is -8.66. The summed E-state index contributed by atoms with van der Waals surface area (Å²) in [5.41, 5.74) is 18.6. The van der Waals surface area contributed by atoms with Crippen molar-refractivity contribution in [2.75, 3.05) is 0 Å². The van der Waals surface area contributed by atoms with E-state index in [0.29, 0.717) is 0 Å². The summed E-state index contributed by atoms with van der Waals surface area (Å²) >= 11 is 0. The molecule has 2 heterocycles. The molecule has 2 aliphatic rings. The van der Waals surface area contributed by atoms with Gasteiger partial charge in [-0.3, -0.25) is 0 Å². The molecule has 0 bridgehead atoms. The number of para-hydroxylation sites is 1. The Morgan fingerprint density at radius 1 is 0.388 bits per heavy atom. The zero-order chi connectivity index (χ0) is 44.0. The van der Waals surface area contributed by atoms with Gasteiger partial charge in [0.05, 0.1) is 22.1 Å².